The molecule has 0 radical (unpaired) electrons. The number of aromatic nitrogens is 1. The van der Waals surface area contributed by atoms with Gasteiger partial charge in [0.15, 0.2) is 0 Å². The van der Waals surface area contributed by atoms with E-state index in [1.54, 1.807) is 30.3 Å². The molecule has 2 aromatic rings. The van der Waals surface area contributed by atoms with Gasteiger partial charge >= 0.3 is 0 Å². The molecule has 0 fully saturated rings. The van der Waals surface area contributed by atoms with Crippen molar-refractivity contribution in [1.82, 2.24) is 4.98 Å². The van der Waals surface area contributed by atoms with Crippen LogP contribution in [0.2, 0.25) is 0 Å². The molecule has 19 heavy (non-hydrogen) atoms. The Morgan fingerprint density at radius 3 is 2.84 bits per heavy atom. The van der Waals surface area contributed by atoms with E-state index >= 15 is 0 Å². The first-order valence-corrected chi connectivity index (χ1v) is 6.65. The summed E-state index contributed by atoms with van der Waals surface area (Å²) in [4.78, 5) is 16.1. The monoisotopic (exact) mass is 320 g/mol. The van der Waals surface area contributed by atoms with Gasteiger partial charge in [-0.25, -0.2) is 4.98 Å². The van der Waals surface area contributed by atoms with Crippen LogP contribution in [-0.4, -0.2) is 17.5 Å². The van der Waals surface area contributed by atoms with Gasteiger partial charge in [0.25, 0.3) is 5.91 Å². The fourth-order valence-electron chi connectivity index (χ4n) is 1.56. The number of nitrogens with one attached hydrogen (secondary N) is 1. The van der Waals surface area contributed by atoms with E-state index in [9.17, 15) is 4.79 Å². The zero-order valence-corrected chi connectivity index (χ0v) is 12.0. The lowest BCUT2D eigenvalue weighted by molar-refractivity contribution is 0.102. The molecule has 0 aliphatic heterocycles. The fourth-order valence-corrected chi connectivity index (χ4v) is 1.90. The number of halogens is 1. The number of hydrogen-bond acceptors (Lipinski definition) is 3. The van der Waals surface area contributed by atoms with Crippen molar-refractivity contribution in [2.24, 2.45) is 0 Å². The smallest absolute Gasteiger partial charge is 0.274 e. The molecule has 1 amide bonds. The Balaban J connectivity index is 2.12. The normalized spacial score (nSPS) is 10.0. The minimum absolute atomic E-state index is 0.255. The molecule has 0 unspecified atom stereocenters. The third-order valence-corrected chi connectivity index (χ3v) is 2.79. The van der Waals surface area contributed by atoms with Gasteiger partial charge in [0, 0.05) is 11.8 Å². The lowest BCUT2D eigenvalue weighted by atomic mass is 10.2. The van der Waals surface area contributed by atoms with E-state index in [0.717, 1.165) is 5.75 Å². The van der Waals surface area contributed by atoms with Gasteiger partial charge in [-0.05, 0) is 47.1 Å². The van der Waals surface area contributed by atoms with Crippen LogP contribution >= 0.6 is 15.9 Å². The third-order valence-electron chi connectivity index (χ3n) is 2.35. The highest BCUT2D eigenvalue weighted by atomic mass is 79.9. The highest BCUT2D eigenvalue weighted by molar-refractivity contribution is 9.10. The van der Waals surface area contributed by atoms with Crippen molar-refractivity contribution in [3.8, 4) is 5.75 Å². The quantitative estimate of drug-likeness (QED) is 0.877. The first kappa shape index (κ1) is 13.5. The second-order valence-electron chi connectivity index (χ2n) is 3.76. The second-order valence-corrected chi connectivity index (χ2v) is 4.57. The fraction of sp³-hybridized carbons (Fsp3) is 0.143. The number of rotatable bonds is 4. The predicted molar refractivity (Wildman–Crippen MR) is 77.5 cm³/mol. The average Bonchev–Trinajstić information content (AvgIpc) is 2.39. The number of benzene rings is 1. The summed E-state index contributed by atoms with van der Waals surface area (Å²) in [5, 5.41) is 2.78. The van der Waals surface area contributed by atoms with E-state index in [0.29, 0.717) is 22.6 Å². The maximum atomic E-state index is 12.0. The lowest BCUT2D eigenvalue weighted by Gasteiger charge is -2.07. The van der Waals surface area contributed by atoms with Crippen LogP contribution < -0.4 is 10.1 Å². The average molecular weight is 321 g/mol. The van der Waals surface area contributed by atoms with E-state index in [1.165, 1.54) is 0 Å². The largest absolute Gasteiger partial charge is 0.494 e. The lowest BCUT2D eigenvalue weighted by Crippen LogP contribution is -2.13. The van der Waals surface area contributed by atoms with Gasteiger partial charge in [0.2, 0.25) is 0 Å². The van der Waals surface area contributed by atoms with Crippen LogP contribution in [-0.2, 0) is 0 Å². The Labute approximate surface area is 119 Å². The van der Waals surface area contributed by atoms with Gasteiger partial charge in [-0.15, -0.1) is 0 Å². The first-order valence-electron chi connectivity index (χ1n) is 5.86. The Morgan fingerprint density at radius 2 is 2.11 bits per heavy atom. The third kappa shape index (κ3) is 3.79. The summed E-state index contributed by atoms with van der Waals surface area (Å²) in [5.74, 6) is 0.470. The van der Waals surface area contributed by atoms with Crippen molar-refractivity contribution >= 4 is 27.5 Å². The van der Waals surface area contributed by atoms with Gasteiger partial charge in [-0.3, -0.25) is 4.79 Å². The molecule has 2 rings (SSSR count). The summed E-state index contributed by atoms with van der Waals surface area (Å²) in [6, 6.07) is 12.4. The van der Waals surface area contributed by atoms with Crippen molar-refractivity contribution in [1.29, 1.82) is 0 Å². The highest BCUT2D eigenvalue weighted by Crippen LogP contribution is 2.18. The van der Waals surface area contributed by atoms with E-state index < -0.39 is 0 Å². The molecule has 1 heterocycles. The van der Waals surface area contributed by atoms with Gasteiger partial charge in [-0.1, -0.05) is 12.1 Å². The van der Waals surface area contributed by atoms with Crippen LogP contribution in [0.4, 0.5) is 5.69 Å². The van der Waals surface area contributed by atoms with Crippen LogP contribution in [0.15, 0.2) is 47.1 Å². The van der Waals surface area contributed by atoms with Crippen LogP contribution in [0.5, 0.6) is 5.75 Å². The Hall–Kier alpha value is -1.88. The Morgan fingerprint density at radius 1 is 1.32 bits per heavy atom. The predicted octanol–water partition coefficient (Wildman–Crippen LogP) is 3.50. The Bertz CT molecular complexity index is 587. The number of nitrogens with zero attached hydrogens (tertiary/aromatic N) is 1. The molecule has 0 spiro atoms. The molecule has 4 nitrogen and oxygen atoms in total. The van der Waals surface area contributed by atoms with Crippen molar-refractivity contribution < 1.29 is 9.53 Å². The van der Waals surface area contributed by atoms with Gasteiger partial charge in [-0.2, -0.15) is 0 Å². The first-order chi connectivity index (χ1) is 9.19. The van der Waals surface area contributed by atoms with Crippen molar-refractivity contribution in [3.05, 3.63) is 52.8 Å². The van der Waals surface area contributed by atoms with E-state index in [2.05, 4.69) is 26.2 Å². The van der Waals surface area contributed by atoms with Gasteiger partial charge in [0.1, 0.15) is 16.0 Å². The van der Waals surface area contributed by atoms with Crippen LogP contribution in [0.1, 0.15) is 17.4 Å². The minimum atomic E-state index is -0.255. The maximum Gasteiger partial charge on any atom is 0.274 e. The Kier molecular flexibility index (Phi) is 4.52. The number of hydrogen-bond donors (Lipinski definition) is 1. The molecule has 0 aliphatic carbocycles. The molecule has 5 heteroatoms. The van der Waals surface area contributed by atoms with E-state index in [-0.39, 0.29) is 5.91 Å². The number of carbonyl (C=O) groups excluding carboxylic acids is 1. The summed E-state index contributed by atoms with van der Waals surface area (Å²) in [5.41, 5.74) is 1.04. The molecule has 1 N–H and O–H groups in total. The molecule has 0 aliphatic rings. The molecule has 1 aromatic heterocycles. The molecule has 98 valence electrons. The number of ether oxygens (including phenoxy) is 1. The highest BCUT2D eigenvalue weighted by Gasteiger charge is 2.08. The SMILES string of the molecule is CCOc1cccc(NC(=O)c2cccc(Br)n2)c1. The number of pyridine rings is 1. The second kappa shape index (κ2) is 6.33. The zero-order valence-electron chi connectivity index (χ0n) is 10.4. The minimum Gasteiger partial charge on any atom is -0.494 e. The molecular formula is C14H13BrN2O2. The van der Waals surface area contributed by atoms with Crippen molar-refractivity contribution in [2.45, 2.75) is 6.92 Å². The van der Waals surface area contributed by atoms with Gasteiger partial charge < -0.3 is 10.1 Å². The number of amides is 1. The number of anilines is 1. The van der Waals surface area contributed by atoms with Gasteiger partial charge in [0.05, 0.1) is 6.61 Å². The van der Waals surface area contributed by atoms with E-state index in [4.69, 9.17) is 4.74 Å². The van der Waals surface area contributed by atoms with Crippen LogP contribution in [0.25, 0.3) is 0 Å². The topological polar surface area (TPSA) is 51.2 Å². The van der Waals surface area contributed by atoms with Crippen molar-refractivity contribution in [3.63, 3.8) is 0 Å². The zero-order chi connectivity index (χ0) is 13.7. The molecule has 1 aromatic carbocycles. The molecular weight excluding hydrogens is 308 g/mol. The van der Waals surface area contributed by atoms with Crippen molar-refractivity contribution in [2.75, 3.05) is 11.9 Å². The van der Waals surface area contributed by atoms with Crippen LogP contribution in [0.3, 0.4) is 0 Å². The summed E-state index contributed by atoms with van der Waals surface area (Å²) < 4.78 is 6.01. The van der Waals surface area contributed by atoms with Crippen LogP contribution in [0, 0.1) is 0 Å². The summed E-state index contributed by atoms with van der Waals surface area (Å²) in [6.07, 6.45) is 0. The number of carbonyl (C=O) groups is 1. The molecule has 0 bridgehead atoms. The summed E-state index contributed by atoms with van der Waals surface area (Å²) in [7, 11) is 0. The standard InChI is InChI=1S/C14H13BrN2O2/c1-2-19-11-6-3-5-10(9-11)16-14(18)12-7-4-8-13(15)17-12/h3-9H,2H2,1H3,(H,16,18). The molecule has 0 atom stereocenters. The summed E-state index contributed by atoms with van der Waals surface area (Å²) >= 11 is 3.24. The summed E-state index contributed by atoms with van der Waals surface area (Å²) in [6.45, 7) is 2.50. The molecule has 0 saturated heterocycles. The molecule has 0 saturated carbocycles. The maximum absolute atomic E-state index is 12.0. The van der Waals surface area contributed by atoms with E-state index in [1.807, 2.05) is 19.1 Å².